The summed E-state index contributed by atoms with van der Waals surface area (Å²) in [5, 5.41) is 10.3. The van der Waals surface area contributed by atoms with E-state index < -0.39 is 22.1 Å². The molecule has 3 N–H and O–H groups in total. The van der Waals surface area contributed by atoms with Gasteiger partial charge in [-0.25, -0.2) is 8.42 Å². The van der Waals surface area contributed by atoms with Crippen LogP contribution in [0.15, 0.2) is 29.2 Å². The zero-order valence-corrected chi connectivity index (χ0v) is 13.5. The number of nitrogens with zero attached hydrogens (tertiary/aromatic N) is 2. The van der Waals surface area contributed by atoms with Gasteiger partial charge in [0, 0.05) is 13.0 Å². The van der Waals surface area contributed by atoms with Crippen LogP contribution in [0, 0.1) is 0 Å². The standard InChI is InChI=1S/C14H19N3O5S/c1-2-12(16-9-5-8-13(16)18)17(20)23(21,22)11-7-4-3-6-10(11)14(15)19/h3-4,6-7,12,20H,2,5,8-9H2,1H3,(H2,15,19). The lowest BCUT2D eigenvalue weighted by Crippen LogP contribution is -2.49. The van der Waals surface area contributed by atoms with Crippen LogP contribution in [0.2, 0.25) is 0 Å². The summed E-state index contributed by atoms with van der Waals surface area (Å²) >= 11 is 0. The first kappa shape index (κ1) is 17.4. The molecule has 0 saturated carbocycles. The third-order valence-electron chi connectivity index (χ3n) is 3.77. The zero-order chi connectivity index (χ0) is 17.2. The number of carbonyl (C=O) groups excluding carboxylic acids is 2. The Morgan fingerprint density at radius 2 is 2.09 bits per heavy atom. The molecule has 0 aromatic heterocycles. The Labute approximate surface area is 134 Å². The Balaban J connectivity index is 2.42. The number of primary amides is 1. The van der Waals surface area contributed by atoms with E-state index in [0.717, 1.165) is 0 Å². The molecule has 0 bridgehead atoms. The Hall–Kier alpha value is -1.97. The van der Waals surface area contributed by atoms with Crippen molar-refractivity contribution in [1.82, 2.24) is 9.37 Å². The van der Waals surface area contributed by atoms with Gasteiger partial charge in [0.05, 0.1) is 10.5 Å². The average Bonchev–Trinajstić information content (AvgIpc) is 2.94. The van der Waals surface area contributed by atoms with Gasteiger partial charge in [0.15, 0.2) is 0 Å². The first-order chi connectivity index (χ1) is 10.8. The molecule has 23 heavy (non-hydrogen) atoms. The van der Waals surface area contributed by atoms with Crippen molar-refractivity contribution in [2.75, 3.05) is 6.54 Å². The van der Waals surface area contributed by atoms with E-state index >= 15 is 0 Å². The summed E-state index contributed by atoms with van der Waals surface area (Å²) < 4.78 is 25.5. The number of amides is 2. The van der Waals surface area contributed by atoms with E-state index in [1.54, 1.807) is 6.92 Å². The third kappa shape index (κ3) is 3.21. The molecular weight excluding hydrogens is 322 g/mol. The van der Waals surface area contributed by atoms with Crippen LogP contribution in [0.4, 0.5) is 0 Å². The fourth-order valence-electron chi connectivity index (χ4n) is 2.64. The van der Waals surface area contributed by atoms with Gasteiger partial charge in [-0.1, -0.05) is 23.5 Å². The van der Waals surface area contributed by atoms with Crippen LogP contribution in [0.3, 0.4) is 0 Å². The molecule has 1 aliphatic heterocycles. The lowest BCUT2D eigenvalue weighted by Gasteiger charge is -2.32. The minimum absolute atomic E-state index is 0.151. The highest BCUT2D eigenvalue weighted by molar-refractivity contribution is 7.89. The number of sulfonamides is 1. The first-order valence-electron chi connectivity index (χ1n) is 7.22. The van der Waals surface area contributed by atoms with Gasteiger partial charge in [-0.2, -0.15) is 0 Å². The van der Waals surface area contributed by atoms with Crippen LogP contribution in [-0.2, 0) is 14.8 Å². The van der Waals surface area contributed by atoms with Gasteiger partial charge in [0.25, 0.3) is 10.0 Å². The minimum Gasteiger partial charge on any atom is -0.366 e. The first-order valence-corrected chi connectivity index (χ1v) is 8.66. The molecule has 126 valence electrons. The molecule has 1 aromatic carbocycles. The molecule has 8 nitrogen and oxygen atoms in total. The van der Waals surface area contributed by atoms with E-state index in [0.29, 0.717) is 19.4 Å². The molecule has 1 aliphatic rings. The molecule has 1 heterocycles. The maximum atomic E-state index is 12.7. The molecule has 2 amide bonds. The van der Waals surface area contributed by atoms with E-state index in [1.807, 2.05) is 0 Å². The van der Waals surface area contributed by atoms with Crippen LogP contribution < -0.4 is 5.73 Å². The van der Waals surface area contributed by atoms with Crippen LogP contribution in [0.25, 0.3) is 0 Å². The summed E-state index contributed by atoms with van der Waals surface area (Å²) in [4.78, 5) is 24.2. The summed E-state index contributed by atoms with van der Waals surface area (Å²) in [6.45, 7) is 2.04. The maximum absolute atomic E-state index is 12.7. The van der Waals surface area contributed by atoms with Crippen LogP contribution in [-0.4, -0.2) is 47.5 Å². The van der Waals surface area contributed by atoms with E-state index in [2.05, 4.69) is 0 Å². The van der Waals surface area contributed by atoms with E-state index in [4.69, 9.17) is 5.73 Å². The minimum atomic E-state index is -4.39. The molecule has 0 aliphatic carbocycles. The molecule has 1 saturated heterocycles. The van der Waals surface area contributed by atoms with Crippen LogP contribution >= 0.6 is 0 Å². The SMILES string of the molecule is CCC(N1CCCC1=O)N(O)S(=O)(=O)c1ccccc1C(N)=O. The summed E-state index contributed by atoms with van der Waals surface area (Å²) in [7, 11) is -4.39. The largest absolute Gasteiger partial charge is 0.366 e. The van der Waals surface area contributed by atoms with E-state index in [-0.39, 0.29) is 27.3 Å². The zero-order valence-electron chi connectivity index (χ0n) is 12.7. The topological polar surface area (TPSA) is 121 Å². The second-order valence-corrected chi connectivity index (χ2v) is 6.98. The molecule has 1 fully saturated rings. The molecule has 9 heteroatoms. The highest BCUT2D eigenvalue weighted by atomic mass is 32.2. The molecule has 2 rings (SSSR count). The molecule has 1 unspecified atom stereocenters. The van der Waals surface area contributed by atoms with Crippen molar-refractivity contribution in [3.8, 4) is 0 Å². The van der Waals surface area contributed by atoms with Crippen molar-refractivity contribution in [1.29, 1.82) is 0 Å². The fraction of sp³-hybridized carbons (Fsp3) is 0.429. The quantitative estimate of drug-likeness (QED) is 0.731. The van der Waals surface area contributed by atoms with Gasteiger partial charge in [-0.05, 0) is 25.0 Å². The van der Waals surface area contributed by atoms with Gasteiger partial charge in [-0.15, -0.1) is 0 Å². The smallest absolute Gasteiger partial charge is 0.267 e. The molecule has 0 radical (unpaired) electrons. The maximum Gasteiger partial charge on any atom is 0.267 e. The van der Waals surface area contributed by atoms with Crippen molar-refractivity contribution in [3.63, 3.8) is 0 Å². The molecule has 0 spiro atoms. The summed E-state index contributed by atoms with van der Waals surface area (Å²) in [6.07, 6.45) is 0.125. The Morgan fingerprint density at radius 3 is 2.61 bits per heavy atom. The van der Waals surface area contributed by atoms with Gasteiger partial charge in [-0.3, -0.25) is 14.8 Å². The van der Waals surface area contributed by atoms with Crippen molar-refractivity contribution in [3.05, 3.63) is 29.8 Å². The van der Waals surface area contributed by atoms with Crippen molar-refractivity contribution in [2.24, 2.45) is 5.73 Å². The van der Waals surface area contributed by atoms with Crippen molar-refractivity contribution >= 4 is 21.8 Å². The lowest BCUT2D eigenvalue weighted by molar-refractivity contribution is -0.143. The van der Waals surface area contributed by atoms with Gasteiger partial charge >= 0.3 is 0 Å². The van der Waals surface area contributed by atoms with Crippen LogP contribution in [0.5, 0.6) is 0 Å². The van der Waals surface area contributed by atoms with Gasteiger partial charge < -0.3 is 10.6 Å². The summed E-state index contributed by atoms with van der Waals surface area (Å²) in [6, 6.07) is 5.36. The van der Waals surface area contributed by atoms with Crippen molar-refractivity contribution < 1.29 is 23.2 Å². The number of hydrogen-bond donors (Lipinski definition) is 2. The highest BCUT2D eigenvalue weighted by Gasteiger charge is 2.38. The van der Waals surface area contributed by atoms with E-state index in [1.165, 1.54) is 29.2 Å². The van der Waals surface area contributed by atoms with Crippen LogP contribution in [0.1, 0.15) is 36.5 Å². The summed E-state index contributed by atoms with van der Waals surface area (Å²) in [5.74, 6) is -1.13. The Morgan fingerprint density at radius 1 is 1.43 bits per heavy atom. The van der Waals surface area contributed by atoms with E-state index in [9.17, 15) is 23.2 Å². The second-order valence-electron chi connectivity index (χ2n) is 5.22. The normalized spacial score (nSPS) is 16.8. The highest BCUT2D eigenvalue weighted by Crippen LogP contribution is 2.25. The van der Waals surface area contributed by atoms with Gasteiger partial charge in [0.1, 0.15) is 6.17 Å². The number of hydroxylamine groups is 1. The predicted molar refractivity (Wildman–Crippen MR) is 80.8 cm³/mol. The van der Waals surface area contributed by atoms with Gasteiger partial charge in [0.2, 0.25) is 11.8 Å². The Kier molecular flexibility index (Phi) is 5.03. The third-order valence-corrected chi connectivity index (χ3v) is 5.41. The number of likely N-dealkylation sites (tertiary alicyclic amines) is 1. The number of hydrogen-bond acceptors (Lipinski definition) is 5. The predicted octanol–water partition coefficient (Wildman–Crippen LogP) is 0.524. The Bertz CT molecular complexity index is 719. The number of carbonyl (C=O) groups is 2. The lowest BCUT2D eigenvalue weighted by atomic mass is 10.2. The summed E-state index contributed by atoms with van der Waals surface area (Å²) in [5.41, 5.74) is 4.98. The fourth-order valence-corrected chi connectivity index (χ4v) is 4.12. The monoisotopic (exact) mass is 341 g/mol. The van der Waals surface area contributed by atoms with Crippen molar-refractivity contribution in [2.45, 2.75) is 37.2 Å². The second kappa shape index (κ2) is 6.65. The number of benzene rings is 1. The number of nitrogens with two attached hydrogens (primary N) is 1. The number of rotatable bonds is 6. The average molecular weight is 341 g/mol. The molecule has 1 aromatic rings. The molecule has 1 atom stereocenters. The molecular formula is C14H19N3O5S.